The third-order valence-corrected chi connectivity index (χ3v) is 2.90. The van der Waals surface area contributed by atoms with Crippen molar-refractivity contribution in [1.29, 1.82) is 0 Å². The van der Waals surface area contributed by atoms with Gasteiger partial charge in [0.1, 0.15) is 0 Å². The minimum atomic E-state index is -1.61. The van der Waals surface area contributed by atoms with Gasteiger partial charge in [-0.25, -0.2) is 4.39 Å². The molecule has 1 atom stereocenters. The average molecular weight is 227 g/mol. The van der Waals surface area contributed by atoms with E-state index in [1.807, 2.05) is 27.7 Å². The van der Waals surface area contributed by atoms with Gasteiger partial charge in [-0.15, -0.1) is 6.42 Å². The first-order valence-electron chi connectivity index (χ1n) is 5.79. The van der Waals surface area contributed by atoms with Crippen LogP contribution in [-0.4, -0.2) is 17.6 Å². The smallest absolute Gasteiger partial charge is 0.257 e. The number of carbonyl (C=O) groups excluding carboxylic acids is 1. The molecule has 1 aliphatic carbocycles. The van der Waals surface area contributed by atoms with Gasteiger partial charge in [0.2, 0.25) is 0 Å². The quantitative estimate of drug-likeness (QED) is 0.738. The Morgan fingerprint density at radius 1 is 1.50 bits per heavy atom. The lowest BCUT2D eigenvalue weighted by molar-refractivity contribution is -0.128. The summed E-state index contributed by atoms with van der Waals surface area (Å²) in [6.07, 6.45) is 5.98. The maximum absolute atomic E-state index is 13.3. The number of terminal acetylenes is 1. The molecule has 0 heterocycles. The minimum Gasteiger partial charge on any atom is -0.349 e. The van der Waals surface area contributed by atoms with Crippen molar-refractivity contribution in [3.63, 3.8) is 0 Å². The summed E-state index contributed by atoms with van der Waals surface area (Å²) in [4.78, 5) is 11.3. The highest BCUT2D eigenvalue weighted by Crippen LogP contribution is 2.40. The Bertz CT molecular complexity index is 287. The molecule has 0 aromatic rings. The van der Waals surface area contributed by atoms with Gasteiger partial charge in [0, 0.05) is 11.5 Å². The number of nitrogens with one attached hydrogen (secondary N) is 1. The first-order chi connectivity index (χ1) is 7.32. The van der Waals surface area contributed by atoms with E-state index in [2.05, 4.69) is 11.2 Å². The summed E-state index contributed by atoms with van der Waals surface area (Å²) in [6, 6.07) is -0.215. The predicted octanol–water partition coefficient (Wildman–Crippen LogP) is 2.68. The zero-order chi connectivity index (χ0) is 13.0. The number of amides is 1. The van der Waals surface area contributed by atoms with Crippen molar-refractivity contribution in [2.45, 2.75) is 59.2 Å². The second-order valence-corrected chi connectivity index (χ2v) is 4.53. The number of hydrogen-bond acceptors (Lipinski definition) is 1. The van der Waals surface area contributed by atoms with Crippen LogP contribution in [0.2, 0.25) is 0 Å². The molecular weight excluding hydrogens is 205 g/mol. The van der Waals surface area contributed by atoms with Gasteiger partial charge in [0.05, 0.1) is 0 Å². The van der Waals surface area contributed by atoms with Gasteiger partial charge in [-0.3, -0.25) is 4.79 Å². The Morgan fingerprint density at radius 3 is 2.25 bits per heavy atom. The monoisotopic (exact) mass is 227 g/mol. The Balaban J connectivity index is 0.00000106. The van der Waals surface area contributed by atoms with Crippen molar-refractivity contribution < 1.29 is 9.18 Å². The van der Waals surface area contributed by atoms with Crippen LogP contribution in [0.5, 0.6) is 0 Å². The summed E-state index contributed by atoms with van der Waals surface area (Å²) in [6.45, 7) is 9.48. The molecule has 1 aliphatic rings. The average Bonchev–Trinajstić information content (AvgIpc) is 3.00. The van der Waals surface area contributed by atoms with Gasteiger partial charge >= 0.3 is 0 Å². The number of rotatable bonds is 3. The number of halogens is 1. The van der Waals surface area contributed by atoms with E-state index < -0.39 is 17.0 Å². The SMILES string of the molecule is C#CC(C)(C)C(C)NC(=O)C1(F)CC1.CC. The molecule has 3 heteroatoms. The van der Waals surface area contributed by atoms with E-state index in [4.69, 9.17) is 6.42 Å². The number of hydrogen-bond donors (Lipinski definition) is 1. The van der Waals surface area contributed by atoms with Crippen molar-refractivity contribution in [3.8, 4) is 12.3 Å². The maximum atomic E-state index is 13.3. The summed E-state index contributed by atoms with van der Waals surface area (Å²) in [5.74, 6) is 2.06. The van der Waals surface area contributed by atoms with E-state index in [0.717, 1.165) is 0 Å². The number of carbonyl (C=O) groups is 1. The second kappa shape index (κ2) is 5.34. The lowest BCUT2D eigenvalue weighted by Crippen LogP contribution is -2.46. The first kappa shape index (κ1) is 15.0. The normalized spacial score (nSPS) is 18.6. The maximum Gasteiger partial charge on any atom is 0.257 e. The summed E-state index contributed by atoms with van der Waals surface area (Å²) in [5, 5.41) is 2.62. The molecule has 0 radical (unpaired) electrons. The molecule has 1 N–H and O–H groups in total. The van der Waals surface area contributed by atoms with E-state index in [9.17, 15) is 9.18 Å². The highest BCUT2D eigenvalue weighted by Gasteiger charge is 2.51. The molecule has 0 bridgehead atoms. The van der Waals surface area contributed by atoms with Gasteiger partial charge in [-0.1, -0.05) is 19.8 Å². The van der Waals surface area contributed by atoms with Gasteiger partial charge in [-0.05, 0) is 33.6 Å². The summed E-state index contributed by atoms with van der Waals surface area (Å²) >= 11 is 0. The Hall–Kier alpha value is -1.04. The van der Waals surface area contributed by atoms with Crippen LogP contribution in [0.3, 0.4) is 0 Å². The van der Waals surface area contributed by atoms with E-state index in [1.54, 1.807) is 6.92 Å². The fraction of sp³-hybridized carbons (Fsp3) is 0.769. The van der Waals surface area contributed by atoms with Crippen molar-refractivity contribution in [2.75, 3.05) is 0 Å². The Labute approximate surface area is 98.0 Å². The third kappa shape index (κ3) is 3.52. The third-order valence-electron chi connectivity index (χ3n) is 2.90. The van der Waals surface area contributed by atoms with Crippen molar-refractivity contribution in [1.82, 2.24) is 5.32 Å². The fourth-order valence-corrected chi connectivity index (χ4v) is 0.968. The molecule has 1 amide bonds. The topological polar surface area (TPSA) is 29.1 Å². The summed E-state index contributed by atoms with van der Waals surface area (Å²) in [5.41, 5.74) is -2.06. The molecule has 0 saturated heterocycles. The molecule has 0 spiro atoms. The van der Waals surface area contributed by atoms with Gasteiger partial charge in [-0.2, -0.15) is 0 Å². The van der Waals surface area contributed by atoms with Gasteiger partial charge in [0.15, 0.2) is 5.67 Å². The lowest BCUT2D eigenvalue weighted by Gasteiger charge is -2.27. The molecule has 0 aromatic heterocycles. The molecule has 1 fully saturated rings. The molecule has 0 aromatic carbocycles. The van der Waals surface area contributed by atoms with Gasteiger partial charge in [0.25, 0.3) is 5.91 Å². The zero-order valence-corrected chi connectivity index (χ0v) is 10.9. The van der Waals surface area contributed by atoms with Crippen LogP contribution in [0, 0.1) is 17.8 Å². The largest absolute Gasteiger partial charge is 0.349 e. The number of alkyl halides is 1. The van der Waals surface area contributed by atoms with Crippen molar-refractivity contribution >= 4 is 5.91 Å². The van der Waals surface area contributed by atoms with Gasteiger partial charge < -0.3 is 5.32 Å². The van der Waals surface area contributed by atoms with Crippen LogP contribution < -0.4 is 5.32 Å². The van der Waals surface area contributed by atoms with Crippen LogP contribution in [0.15, 0.2) is 0 Å². The second-order valence-electron chi connectivity index (χ2n) is 4.53. The lowest BCUT2D eigenvalue weighted by atomic mass is 9.86. The standard InChI is InChI=1S/C11H16FNO.C2H6/c1-5-10(3,4)8(2)13-9(14)11(12)6-7-11;1-2/h1,8H,6-7H2,2-4H3,(H,13,14);1-2H3. The molecule has 92 valence electrons. The highest BCUT2D eigenvalue weighted by atomic mass is 19.1. The molecule has 0 aliphatic heterocycles. The highest BCUT2D eigenvalue weighted by molar-refractivity contribution is 5.88. The van der Waals surface area contributed by atoms with Crippen molar-refractivity contribution in [3.05, 3.63) is 0 Å². The molecule has 1 rings (SSSR count). The van der Waals surface area contributed by atoms with Crippen LogP contribution >= 0.6 is 0 Å². The predicted molar refractivity (Wildman–Crippen MR) is 64.6 cm³/mol. The minimum absolute atomic E-state index is 0.215. The van der Waals surface area contributed by atoms with Crippen molar-refractivity contribution in [2.24, 2.45) is 5.41 Å². The first-order valence-corrected chi connectivity index (χ1v) is 5.79. The van der Waals surface area contributed by atoms with E-state index in [-0.39, 0.29) is 6.04 Å². The van der Waals surface area contributed by atoms with Crippen LogP contribution in [0.25, 0.3) is 0 Å². The molecule has 1 unspecified atom stereocenters. The van der Waals surface area contributed by atoms with Crippen LogP contribution in [-0.2, 0) is 4.79 Å². The molecule has 1 saturated carbocycles. The van der Waals surface area contributed by atoms with E-state index in [1.165, 1.54) is 0 Å². The van der Waals surface area contributed by atoms with E-state index >= 15 is 0 Å². The van der Waals surface area contributed by atoms with E-state index in [0.29, 0.717) is 12.8 Å². The molecular formula is C13H22FNO. The molecule has 2 nitrogen and oxygen atoms in total. The summed E-state index contributed by atoms with van der Waals surface area (Å²) in [7, 11) is 0. The molecule has 16 heavy (non-hydrogen) atoms. The summed E-state index contributed by atoms with van der Waals surface area (Å²) < 4.78 is 13.3. The zero-order valence-electron chi connectivity index (χ0n) is 10.9. The fourth-order valence-electron chi connectivity index (χ4n) is 0.968. The van der Waals surface area contributed by atoms with Crippen LogP contribution in [0.1, 0.15) is 47.5 Å². The Kier molecular flexibility index (Phi) is 4.99. The van der Waals surface area contributed by atoms with Crippen LogP contribution in [0.4, 0.5) is 4.39 Å². The Morgan fingerprint density at radius 2 is 1.94 bits per heavy atom.